The molecule has 0 atom stereocenters. The van der Waals surface area contributed by atoms with Crippen molar-refractivity contribution in [1.29, 1.82) is 0 Å². The van der Waals surface area contributed by atoms with Gasteiger partial charge in [-0.1, -0.05) is 12.1 Å². The van der Waals surface area contributed by atoms with Gasteiger partial charge in [0.05, 0.1) is 16.1 Å². The van der Waals surface area contributed by atoms with Crippen molar-refractivity contribution < 1.29 is 0 Å². The van der Waals surface area contributed by atoms with Crippen LogP contribution in [0.15, 0.2) is 41.4 Å². The van der Waals surface area contributed by atoms with Gasteiger partial charge < -0.3 is 5.73 Å². The predicted octanol–water partition coefficient (Wildman–Crippen LogP) is 3.52. The van der Waals surface area contributed by atoms with Gasteiger partial charge in [-0.3, -0.25) is 4.98 Å². The number of nitrogen functional groups attached to an aromatic ring is 1. The molecular formula is C12H9N3S2. The van der Waals surface area contributed by atoms with Gasteiger partial charge in [-0.25, -0.2) is 4.98 Å². The van der Waals surface area contributed by atoms with E-state index in [0.29, 0.717) is 0 Å². The monoisotopic (exact) mass is 259 g/mol. The largest absolute Gasteiger partial charge is 0.399 e. The summed E-state index contributed by atoms with van der Waals surface area (Å²) in [5.41, 5.74) is 10.4. The van der Waals surface area contributed by atoms with Crippen molar-refractivity contribution in [2.45, 2.75) is 0 Å². The first-order valence-corrected chi connectivity index (χ1v) is 6.79. The molecule has 0 fully saturated rings. The molecule has 84 valence electrons. The van der Waals surface area contributed by atoms with E-state index in [1.54, 1.807) is 22.7 Å². The summed E-state index contributed by atoms with van der Waals surface area (Å²) in [5.74, 6) is 0. The highest BCUT2D eigenvalue weighted by Crippen LogP contribution is 2.30. The minimum atomic E-state index is 0.761. The maximum absolute atomic E-state index is 5.77. The zero-order chi connectivity index (χ0) is 11.7. The summed E-state index contributed by atoms with van der Waals surface area (Å²) in [6, 6.07) is 7.78. The highest BCUT2D eigenvalue weighted by atomic mass is 32.1. The van der Waals surface area contributed by atoms with Crippen LogP contribution in [-0.4, -0.2) is 9.97 Å². The Bertz CT molecular complexity index is 629. The molecule has 0 spiro atoms. The fourth-order valence-electron chi connectivity index (χ4n) is 1.53. The average molecular weight is 259 g/mol. The average Bonchev–Trinajstić information content (AvgIpc) is 3.00. The summed E-state index contributed by atoms with van der Waals surface area (Å²) in [5, 5.41) is 3.03. The van der Waals surface area contributed by atoms with E-state index in [9.17, 15) is 0 Å². The molecule has 0 bridgehead atoms. The van der Waals surface area contributed by atoms with Gasteiger partial charge in [0.1, 0.15) is 5.01 Å². The normalized spacial score (nSPS) is 10.6. The number of hydrogen-bond donors (Lipinski definition) is 1. The smallest absolute Gasteiger partial charge is 0.124 e. The van der Waals surface area contributed by atoms with E-state index in [4.69, 9.17) is 5.73 Å². The van der Waals surface area contributed by atoms with Crippen molar-refractivity contribution in [2.75, 3.05) is 5.73 Å². The van der Waals surface area contributed by atoms with Gasteiger partial charge >= 0.3 is 0 Å². The Balaban J connectivity index is 2.01. The van der Waals surface area contributed by atoms with E-state index in [0.717, 1.165) is 26.8 Å². The number of rotatable bonds is 2. The summed E-state index contributed by atoms with van der Waals surface area (Å²) in [4.78, 5) is 9.75. The molecule has 2 heterocycles. The Labute approximate surface area is 107 Å². The molecule has 0 aliphatic rings. The van der Waals surface area contributed by atoms with Crippen LogP contribution in [0.5, 0.6) is 0 Å². The minimum absolute atomic E-state index is 0.761. The molecule has 2 aromatic heterocycles. The Hall–Kier alpha value is -1.72. The van der Waals surface area contributed by atoms with E-state index >= 15 is 0 Å². The van der Waals surface area contributed by atoms with Crippen LogP contribution in [0.1, 0.15) is 0 Å². The first kappa shape index (κ1) is 10.4. The third-order valence-electron chi connectivity index (χ3n) is 2.32. The number of benzene rings is 1. The van der Waals surface area contributed by atoms with Gasteiger partial charge in [-0.15, -0.1) is 22.7 Å². The molecule has 5 heteroatoms. The summed E-state index contributed by atoms with van der Waals surface area (Å²) >= 11 is 3.22. The number of aromatic nitrogens is 2. The van der Waals surface area contributed by atoms with Crippen LogP contribution in [0, 0.1) is 0 Å². The topological polar surface area (TPSA) is 51.8 Å². The second kappa shape index (κ2) is 4.27. The molecule has 0 radical (unpaired) electrons. The third kappa shape index (κ3) is 2.07. The van der Waals surface area contributed by atoms with Crippen molar-refractivity contribution in [3.63, 3.8) is 0 Å². The summed E-state index contributed by atoms with van der Waals surface area (Å²) < 4.78 is 0. The highest BCUT2D eigenvalue weighted by Gasteiger charge is 2.07. The van der Waals surface area contributed by atoms with E-state index < -0.39 is 0 Å². The third-order valence-corrected chi connectivity index (χ3v) is 4.01. The second-order valence-electron chi connectivity index (χ2n) is 3.53. The highest BCUT2D eigenvalue weighted by molar-refractivity contribution is 7.15. The number of thiazole rings is 2. The maximum atomic E-state index is 5.77. The van der Waals surface area contributed by atoms with Gasteiger partial charge in [0.2, 0.25) is 0 Å². The fourth-order valence-corrected chi connectivity index (χ4v) is 3.01. The van der Waals surface area contributed by atoms with E-state index in [-0.39, 0.29) is 0 Å². The van der Waals surface area contributed by atoms with Gasteiger partial charge in [-0.2, -0.15) is 0 Å². The van der Waals surface area contributed by atoms with Crippen molar-refractivity contribution >= 4 is 28.4 Å². The maximum Gasteiger partial charge on any atom is 0.124 e. The van der Waals surface area contributed by atoms with Gasteiger partial charge in [0.15, 0.2) is 0 Å². The molecule has 0 aliphatic carbocycles. The van der Waals surface area contributed by atoms with Crippen molar-refractivity contribution in [3.8, 4) is 21.1 Å². The van der Waals surface area contributed by atoms with Crippen LogP contribution < -0.4 is 5.73 Å². The van der Waals surface area contributed by atoms with Crippen molar-refractivity contribution in [2.24, 2.45) is 0 Å². The predicted molar refractivity (Wildman–Crippen MR) is 73.1 cm³/mol. The fraction of sp³-hybridized carbons (Fsp3) is 0. The molecule has 0 unspecified atom stereocenters. The Morgan fingerprint density at radius 1 is 1.18 bits per heavy atom. The minimum Gasteiger partial charge on any atom is -0.399 e. The lowest BCUT2D eigenvalue weighted by Crippen LogP contribution is -1.84. The quantitative estimate of drug-likeness (QED) is 0.716. The zero-order valence-corrected chi connectivity index (χ0v) is 10.5. The zero-order valence-electron chi connectivity index (χ0n) is 8.83. The molecule has 3 aromatic rings. The van der Waals surface area contributed by atoms with Crippen LogP contribution in [0.3, 0.4) is 0 Å². The first-order chi connectivity index (χ1) is 8.33. The number of anilines is 1. The van der Waals surface area contributed by atoms with Crippen LogP contribution in [0.2, 0.25) is 0 Å². The van der Waals surface area contributed by atoms with Crippen LogP contribution in [-0.2, 0) is 0 Å². The molecule has 0 saturated carbocycles. The van der Waals surface area contributed by atoms with Crippen LogP contribution in [0.25, 0.3) is 21.1 Å². The molecule has 0 saturated heterocycles. The second-order valence-corrected chi connectivity index (χ2v) is 5.27. The molecule has 3 nitrogen and oxygen atoms in total. The van der Waals surface area contributed by atoms with Crippen LogP contribution in [0.4, 0.5) is 5.69 Å². The first-order valence-electron chi connectivity index (χ1n) is 5.03. The lowest BCUT2D eigenvalue weighted by molar-refractivity contribution is 1.38. The Morgan fingerprint density at radius 3 is 2.88 bits per heavy atom. The molecule has 2 N–H and O–H groups in total. The van der Waals surface area contributed by atoms with Crippen molar-refractivity contribution in [3.05, 3.63) is 41.4 Å². The van der Waals surface area contributed by atoms with Gasteiger partial charge in [-0.05, 0) is 12.1 Å². The Kier molecular flexibility index (Phi) is 2.62. The summed E-state index contributed by atoms with van der Waals surface area (Å²) in [6.45, 7) is 0. The number of nitrogens with zero attached hydrogens (tertiary/aromatic N) is 2. The molecular weight excluding hydrogens is 250 g/mol. The molecule has 0 aliphatic heterocycles. The molecule has 17 heavy (non-hydrogen) atoms. The Morgan fingerprint density at radius 2 is 2.12 bits per heavy atom. The lowest BCUT2D eigenvalue weighted by atomic mass is 10.2. The van der Waals surface area contributed by atoms with Gasteiger partial charge in [0, 0.05) is 22.8 Å². The van der Waals surface area contributed by atoms with Gasteiger partial charge in [0.25, 0.3) is 0 Å². The van der Waals surface area contributed by atoms with E-state index in [1.165, 1.54) is 0 Å². The molecule has 0 amide bonds. The van der Waals surface area contributed by atoms with Crippen molar-refractivity contribution in [1.82, 2.24) is 9.97 Å². The standard InChI is InChI=1S/C12H9N3S2/c13-9-3-1-2-8(4-9)12-15-10(6-16-12)11-5-14-7-17-11/h1-7H,13H2. The molecule has 1 aromatic carbocycles. The van der Waals surface area contributed by atoms with E-state index in [2.05, 4.69) is 9.97 Å². The SMILES string of the molecule is Nc1cccc(-c2nc(-c3cncs3)cs2)c1. The van der Waals surface area contributed by atoms with Crippen LogP contribution >= 0.6 is 22.7 Å². The lowest BCUT2D eigenvalue weighted by Gasteiger charge is -1.97. The summed E-state index contributed by atoms with van der Waals surface area (Å²) in [6.07, 6.45) is 1.84. The summed E-state index contributed by atoms with van der Waals surface area (Å²) in [7, 11) is 0. The van der Waals surface area contributed by atoms with E-state index in [1.807, 2.05) is 41.4 Å². The number of hydrogen-bond acceptors (Lipinski definition) is 5. The number of nitrogens with two attached hydrogens (primary N) is 1. The molecule has 3 rings (SSSR count).